The van der Waals surface area contributed by atoms with Crippen LogP contribution in [0.5, 0.6) is 0 Å². The summed E-state index contributed by atoms with van der Waals surface area (Å²) in [5, 5.41) is 3.46. The molecule has 20 heavy (non-hydrogen) atoms. The normalized spacial score (nSPS) is 14.4. The van der Waals surface area contributed by atoms with Crippen molar-refractivity contribution in [3.05, 3.63) is 59.8 Å². The highest BCUT2D eigenvalue weighted by Crippen LogP contribution is 2.20. The molecule has 0 aliphatic rings. The van der Waals surface area contributed by atoms with E-state index in [-0.39, 0.29) is 17.9 Å². The lowest BCUT2D eigenvalue weighted by molar-refractivity contribution is 0.245. The monoisotopic (exact) mass is 276 g/mol. The first-order valence-electron chi connectivity index (χ1n) is 6.76. The molecule has 1 aromatic carbocycles. The van der Waals surface area contributed by atoms with Crippen molar-refractivity contribution >= 4 is 0 Å². The molecule has 108 valence electrons. The second kappa shape index (κ2) is 6.68. The predicted molar refractivity (Wildman–Crippen MR) is 78.0 cm³/mol. The van der Waals surface area contributed by atoms with Gasteiger partial charge in [-0.25, -0.2) is 4.39 Å². The fourth-order valence-electron chi connectivity index (χ4n) is 2.18. The second-order valence-electron chi connectivity index (χ2n) is 5.18. The van der Waals surface area contributed by atoms with Crippen molar-refractivity contribution in [2.45, 2.75) is 19.0 Å². The number of hydrogen-bond acceptors (Lipinski definition) is 3. The maximum atomic E-state index is 12.9. The molecule has 0 saturated carbocycles. The number of likely N-dealkylation sites (N-methyl/N-ethyl adjacent to an activating group) is 1. The van der Waals surface area contributed by atoms with E-state index in [1.807, 2.05) is 38.4 Å². The number of rotatable bonds is 6. The van der Waals surface area contributed by atoms with Gasteiger partial charge >= 0.3 is 0 Å². The van der Waals surface area contributed by atoms with E-state index in [2.05, 4.69) is 17.1 Å². The Morgan fingerprint density at radius 1 is 1.20 bits per heavy atom. The summed E-state index contributed by atoms with van der Waals surface area (Å²) in [6, 6.07) is 10.8. The van der Waals surface area contributed by atoms with Crippen LogP contribution in [0, 0.1) is 5.82 Å². The highest BCUT2D eigenvalue weighted by Gasteiger charge is 2.17. The smallest absolute Gasteiger partial charge is 0.123 e. The van der Waals surface area contributed by atoms with Gasteiger partial charge in [0.2, 0.25) is 0 Å². The van der Waals surface area contributed by atoms with E-state index in [4.69, 9.17) is 4.42 Å². The van der Waals surface area contributed by atoms with E-state index in [1.54, 1.807) is 6.26 Å². The second-order valence-corrected chi connectivity index (χ2v) is 5.18. The summed E-state index contributed by atoms with van der Waals surface area (Å²) in [5.74, 6) is 0.733. The minimum atomic E-state index is -0.206. The van der Waals surface area contributed by atoms with Crippen molar-refractivity contribution in [1.29, 1.82) is 0 Å². The quantitative estimate of drug-likeness (QED) is 0.877. The minimum Gasteiger partial charge on any atom is -0.468 e. The van der Waals surface area contributed by atoms with Crippen molar-refractivity contribution in [3.63, 3.8) is 0 Å². The lowest BCUT2D eigenvalue weighted by atomic mass is 10.1. The Morgan fingerprint density at radius 2 is 1.90 bits per heavy atom. The van der Waals surface area contributed by atoms with E-state index in [1.165, 1.54) is 12.1 Å². The fraction of sp³-hybridized carbons (Fsp3) is 0.375. The Labute approximate surface area is 119 Å². The van der Waals surface area contributed by atoms with Crippen molar-refractivity contribution in [2.75, 3.05) is 20.6 Å². The van der Waals surface area contributed by atoms with Gasteiger partial charge in [0.15, 0.2) is 0 Å². The van der Waals surface area contributed by atoms with Crippen LogP contribution in [0.25, 0.3) is 0 Å². The Balaban J connectivity index is 1.97. The van der Waals surface area contributed by atoms with Crippen LogP contribution in [0.4, 0.5) is 4.39 Å². The molecule has 0 amide bonds. The first kappa shape index (κ1) is 14.8. The SMILES string of the molecule is CC(NCC(c1ccco1)N(C)C)c1ccc(F)cc1. The molecule has 0 aliphatic carbocycles. The van der Waals surface area contributed by atoms with E-state index < -0.39 is 0 Å². The van der Waals surface area contributed by atoms with Crippen LogP contribution in [0.1, 0.15) is 30.3 Å². The minimum absolute atomic E-state index is 0.160. The number of nitrogens with zero attached hydrogens (tertiary/aromatic N) is 1. The van der Waals surface area contributed by atoms with Gasteiger partial charge in [-0.3, -0.25) is 4.90 Å². The Kier molecular flexibility index (Phi) is 4.93. The summed E-state index contributed by atoms with van der Waals surface area (Å²) < 4.78 is 18.4. The summed E-state index contributed by atoms with van der Waals surface area (Å²) in [6.07, 6.45) is 1.69. The third-order valence-corrected chi connectivity index (χ3v) is 3.48. The van der Waals surface area contributed by atoms with Crippen LogP contribution in [-0.2, 0) is 0 Å². The van der Waals surface area contributed by atoms with Gasteiger partial charge in [0, 0.05) is 12.6 Å². The van der Waals surface area contributed by atoms with Crippen LogP contribution in [0.3, 0.4) is 0 Å². The maximum absolute atomic E-state index is 12.9. The maximum Gasteiger partial charge on any atom is 0.123 e. The predicted octanol–water partition coefficient (Wildman–Crippen LogP) is 3.37. The average Bonchev–Trinajstić information content (AvgIpc) is 2.93. The van der Waals surface area contributed by atoms with Gasteiger partial charge in [-0.15, -0.1) is 0 Å². The summed E-state index contributed by atoms with van der Waals surface area (Å²) in [4.78, 5) is 2.11. The number of halogens is 1. The summed E-state index contributed by atoms with van der Waals surface area (Å²) in [5.41, 5.74) is 1.07. The van der Waals surface area contributed by atoms with E-state index in [0.29, 0.717) is 0 Å². The average molecular weight is 276 g/mol. The zero-order valence-corrected chi connectivity index (χ0v) is 12.1. The molecular weight excluding hydrogens is 255 g/mol. The molecule has 1 N–H and O–H groups in total. The molecule has 2 atom stereocenters. The summed E-state index contributed by atoms with van der Waals surface area (Å²) in [7, 11) is 4.05. The molecule has 4 heteroatoms. The van der Waals surface area contributed by atoms with E-state index in [9.17, 15) is 4.39 Å². The van der Waals surface area contributed by atoms with E-state index >= 15 is 0 Å². The molecule has 0 aliphatic heterocycles. The summed E-state index contributed by atoms with van der Waals surface area (Å²) in [6.45, 7) is 2.83. The zero-order chi connectivity index (χ0) is 14.5. The van der Waals surface area contributed by atoms with Crippen molar-refractivity contribution in [3.8, 4) is 0 Å². The fourth-order valence-corrected chi connectivity index (χ4v) is 2.18. The Hall–Kier alpha value is -1.65. The summed E-state index contributed by atoms with van der Waals surface area (Å²) >= 11 is 0. The molecule has 1 aromatic heterocycles. The molecule has 1 heterocycles. The lowest BCUT2D eigenvalue weighted by Crippen LogP contribution is -2.32. The molecule has 2 aromatic rings. The van der Waals surface area contributed by atoms with Crippen LogP contribution >= 0.6 is 0 Å². The number of benzene rings is 1. The van der Waals surface area contributed by atoms with Crippen molar-refractivity contribution in [2.24, 2.45) is 0 Å². The Morgan fingerprint density at radius 3 is 2.45 bits per heavy atom. The number of furan rings is 1. The molecule has 0 saturated heterocycles. The molecule has 3 nitrogen and oxygen atoms in total. The van der Waals surface area contributed by atoms with Gasteiger partial charge in [0.1, 0.15) is 11.6 Å². The van der Waals surface area contributed by atoms with Crippen molar-refractivity contribution in [1.82, 2.24) is 10.2 Å². The first-order chi connectivity index (χ1) is 9.58. The van der Waals surface area contributed by atoms with Crippen LogP contribution in [-0.4, -0.2) is 25.5 Å². The molecule has 2 unspecified atom stereocenters. The topological polar surface area (TPSA) is 28.4 Å². The Bertz CT molecular complexity index is 508. The van der Waals surface area contributed by atoms with Gasteiger partial charge < -0.3 is 9.73 Å². The van der Waals surface area contributed by atoms with Crippen LogP contribution in [0.2, 0.25) is 0 Å². The molecule has 0 radical (unpaired) electrons. The molecule has 0 fully saturated rings. The molecule has 0 spiro atoms. The highest BCUT2D eigenvalue weighted by atomic mass is 19.1. The van der Waals surface area contributed by atoms with Gasteiger partial charge in [-0.2, -0.15) is 0 Å². The molecular formula is C16H21FN2O. The first-order valence-corrected chi connectivity index (χ1v) is 6.76. The molecule has 0 bridgehead atoms. The van der Waals surface area contributed by atoms with Crippen LogP contribution < -0.4 is 5.32 Å². The van der Waals surface area contributed by atoms with E-state index in [0.717, 1.165) is 17.9 Å². The van der Waals surface area contributed by atoms with Crippen molar-refractivity contribution < 1.29 is 8.81 Å². The third kappa shape index (κ3) is 3.68. The number of hydrogen-bond donors (Lipinski definition) is 1. The largest absolute Gasteiger partial charge is 0.468 e. The highest BCUT2D eigenvalue weighted by molar-refractivity contribution is 5.19. The van der Waals surface area contributed by atoms with Gasteiger partial charge in [-0.05, 0) is 50.8 Å². The van der Waals surface area contributed by atoms with Crippen LogP contribution in [0.15, 0.2) is 47.1 Å². The third-order valence-electron chi connectivity index (χ3n) is 3.48. The van der Waals surface area contributed by atoms with Gasteiger partial charge in [0.05, 0.1) is 12.3 Å². The van der Waals surface area contributed by atoms with Gasteiger partial charge in [-0.1, -0.05) is 12.1 Å². The number of nitrogens with one attached hydrogen (secondary N) is 1. The lowest BCUT2D eigenvalue weighted by Gasteiger charge is -2.25. The van der Waals surface area contributed by atoms with Gasteiger partial charge in [0.25, 0.3) is 0 Å². The molecule has 2 rings (SSSR count). The zero-order valence-electron chi connectivity index (χ0n) is 12.1. The standard InChI is InChI=1S/C16H21FN2O/c1-12(13-6-8-14(17)9-7-13)18-11-15(19(2)3)16-5-4-10-20-16/h4-10,12,15,18H,11H2,1-3H3.